The van der Waals surface area contributed by atoms with Gasteiger partial charge in [-0.3, -0.25) is 5.14 Å². The molecule has 1 unspecified atom stereocenters. The Bertz CT molecular complexity index is 604. The highest BCUT2D eigenvalue weighted by atomic mass is 32.2. The molecule has 1 aromatic carbocycles. The van der Waals surface area contributed by atoms with Crippen LogP contribution in [-0.2, 0) is 23.3 Å². The first-order valence-corrected chi connectivity index (χ1v) is 7.98. The Kier molecular flexibility index (Phi) is 5.93. The van der Waals surface area contributed by atoms with Gasteiger partial charge in [0.1, 0.15) is 0 Å². The standard InChI is InChI=1S/C15H17F6NOS/c1-4-9(8-13(2,3)24(22)23)10-5-11(14(16,17)18)7-12(6-10)15(19,20)21/h4-7,9H,1,8,22H2,2-3H3/t9-,24?/m0/s1. The van der Waals surface area contributed by atoms with Crippen molar-refractivity contribution in [1.82, 2.24) is 0 Å². The molecular weight excluding hydrogens is 356 g/mol. The first-order chi connectivity index (χ1) is 10.7. The molecule has 0 aliphatic carbocycles. The topological polar surface area (TPSA) is 43.1 Å². The Balaban J connectivity index is 3.44. The van der Waals surface area contributed by atoms with Crippen molar-refractivity contribution in [3.63, 3.8) is 0 Å². The molecule has 24 heavy (non-hydrogen) atoms. The molecule has 0 fully saturated rings. The zero-order valence-electron chi connectivity index (χ0n) is 13.0. The maximum absolute atomic E-state index is 12.9. The molecule has 0 saturated heterocycles. The molecule has 0 aliphatic rings. The van der Waals surface area contributed by atoms with E-state index in [0.717, 1.165) is 0 Å². The highest BCUT2D eigenvalue weighted by Crippen LogP contribution is 2.39. The minimum absolute atomic E-state index is 0.0157. The third-order valence-corrected chi connectivity index (χ3v) is 4.83. The van der Waals surface area contributed by atoms with Crippen LogP contribution in [0.2, 0.25) is 0 Å². The first-order valence-electron chi connectivity index (χ1n) is 6.76. The van der Waals surface area contributed by atoms with E-state index in [1.165, 1.54) is 19.9 Å². The second-order valence-corrected chi connectivity index (χ2v) is 7.64. The lowest BCUT2D eigenvalue weighted by molar-refractivity contribution is -0.143. The highest BCUT2D eigenvalue weighted by Gasteiger charge is 2.38. The second kappa shape index (κ2) is 6.87. The van der Waals surface area contributed by atoms with Gasteiger partial charge in [0.25, 0.3) is 0 Å². The Hall–Kier alpha value is -1.35. The molecule has 1 rings (SSSR count). The van der Waals surface area contributed by atoms with Crippen LogP contribution in [0.15, 0.2) is 30.9 Å². The fourth-order valence-electron chi connectivity index (χ4n) is 2.14. The molecule has 2 N–H and O–H groups in total. The molecule has 0 spiro atoms. The van der Waals surface area contributed by atoms with Crippen molar-refractivity contribution < 1.29 is 30.6 Å². The summed E-state index contributed by atoms with van der Waals surface area (Å²) in [6, 6.07) is 1.37. The Morgan fingerprint density at radius 3 is 1.79 bits per heavy atom. The van der Waals surface area contributed by atoms with Gasteiger partial charge in [-0.25, -0.2) is 4.21 Å². The van der Waals surface area contributed by atoms with E-state index in [1.807, 2.05) is 0 Å². The number of hydrogen-bond acceptors (Lipinski definition) is 1. The first kappa shape index (κ1) is 20.7. The number of benzene rings is 1. The van der Waals surface area contributed by atoms with Crippen LogP contribution in [0.1, 0.15) is 42.9 Å². The molecule has 0 amide bonds. The predicted molar refractivity (Wildman–Crippen MR) is 80.4 cm³/mol. The summed E-state index contributed by atoms with van der Waals surface area (Å²) in [7, 11) is -1.81. The van der Waals surface area contributed by atoms with Crippen LogP contribution in [0.5, 0.6) is 0 Å². The van der Waals surface area contributed by atoms with E-state index >= 15 is 0 Å². The summed E-state index contributed by atoms with van der Waals surface area (Å²) in [5, 5.41) is 5.33. The minimum atomic E-state index is -4.92. The number of rotatable bonds is 5. The van der Waals surface area contributed by atoms with Gasteiger partial charge in [0.05, 0.1) is 26.9 Å². The van der Waals surface area contributed by atoms with Crippen molar-refractivity contribution in [3.8, 4) is 0 Å². The summed E-state index contributed by atoms with van der Waals surface area (Å²) in [5.41, 5.74) is -3.00. The number of alkyl halides is 6. The van der Waals surface area contributed by atoms with E-state index in [9.17, 15) is 30.6 Å². The third kappa shape index (κ3) is 5.07. The van der Waals surface area contributed by atoms with E-state index in [2.05, 4.69) is 6.58 Å². The smallest absolute Gasteiger partial charge is 0.251 e. The summed E-state index contributed by atoms with van der Waals surface area (Å²) < 4.78 is 87.9. The molecule has 2 nitrogen and oxygen atoms in total. The average molecular weight is 373 g/mol. The van der Waals surface area contributed by atoms with Crippen molar-refractivity contribution in [3.05, 3.63) is 47.5 Å². The van der Waals surface area contributed by atoms with E-state index < -0.39 is 45.1 Å². The molecule has 0 radical (unpaired) electrons. The molecule has 0 saturated carbocycles. The molecule has 2 atom stereocenters. The van der Waals surface area contributed by atoms with Crippen LogP contribution >= 0.6 is 0 Å². The van der Waals surface area contributed by atoms with Crippen LogP contribution in [-0.4, -0.2) is 8.96 Å². The van der Waals surface area contributed by atoms with Crippen molar-refractivity contribution in [2.75, 3.05) is 0 Å². The summed E-state index contributed by atoms with van der Waals surface area (Å²) in [6.07, 6.45) is -8.63. The van der Waals surface area contributed by atoms with Crippen LogP contribution in [0.3, 0.4) is 0 Å². The van der Waals surface area contributed by atoms with Gasteiger partial charge >= 0.3 is 12.4 Å². The van der Waals surface area contributed by atoms with Crippen molar-refractivity contribution >= 4 is 11.0 Å². The molecule has 0 aliphatic heterocycles. The average Bonchev–Trinajstić information content (AvgIpc) is 2.42. The normalized spacial score (nSPS) is 15.9. The monoisotopic (exact) mass is 373 g/mol. The molecular formula is C15H17F6NOS. The summed E-state index contributed by atoms with van der Waals surface area (Å²) in [4.78, 5) is 0. The lowest BCUT2D eigenvalue weighted by Crippen LogP contribution is -2.33. The fraction of sp³-hybridized carbons (Fsp3) is 0.467. The number of hydrogen-bond donors (Lipinski definition) is 1. The van der Waals surface area contributed by atoms with Crippen LogP contribution < -0.4 is 5.14 Å². The summed E-state index contributed by atoms with van der Waals surface area (Å²) >= 11 is 0. The second-order valence-electron chi connectivity index (χ2n) is 5.94. The maximum Gasteiger partial charge on any atom is 0.416 e. The van der Waals surface area contributed by atoms with Crippen LogP contribution in [0, 0.1) is 0 Å². The zero-order valence-corrected chi connectivity index (χ0v) is 13.8. The van der Waals surface area contributed by atoms with Crippen LogP contribution in [0.4, 0.5) is 26.3 Å². The largest absolute Gasteiger partial charge is 0.416 e. The van der Waals surface area contributed by atoms with Gasteiger partial charge in [-0.15, -0.1) is 6.58 Å². The molecule has 0 bridgehead atoms. The lowest BCUT2D eigenvalue weighted by Gasteiger charge is -2.26. The lowest BCUT2D eigenvalue weighted by atomic mass is 9.88. The highest BCUT2D eigenvalue weighted by molar-refractivity contribution is 7.84. The Labute approximate surface area is 138 Å². The van der Waals surface area contributed by atoms with Gasteiger partial charge in [-0.1, -0.05) is 6.08 Å². The number of allylic oxidation sites excluding steroid dienone is 1. The van der Waals surface area contributed by atoms with Gasteiger partial charge in [0.15, 0.2) is 0 Å². The van der Waals surface area contributed by atoms with Crippen LogP contribution in [0.25, 0.3) is 0 Å². The fourth-order valence-corrected chi connectivity index (χ4v) is 2.49. The van der Waals surface area contributed by atoms with Gasteiger partial charge in [0, 0.05) is 5.92 Å². The Morgan fingerprint density at radius 1 is 1.08 bits per heavy atom. The minimum Gasteiger partial charge on any atom is -0.251 e. The summed E-state index contributed by atoms with van der Waals surface area (Å²) in [6.45, 7) is 6.49. The molecule has 0 heterocycles. The maximum atomic E-state index is 12.9. The number of halogens is 6. The summed E-state index contributed by atoms with van der Waals surface area (Å²) in [5.74, 6) is -0.865. The molecule has 0 aromatic heterocycles. The van der Waals surface area contributed by atoms with E-state index in [0.29, 0.717) is 12.1 Å². The van der Waals surface area contributed by atoms with Crippen molar-refractivity contribution in [1.29, 1.82) is 0 Å². The molecule has 136 valence electrons. The number of nitrogens with two attached hydrogens (primary N) is 1. The van der Waals surface area contributed by atoms with E-state index in [1.54, 1.807) is 0 Å². The van der Waals surface area contributed by atoms with Crippen molar-refractivity contribution in [2.45, 2.75) is 43.3 Å². The Morgan fingerprint density at radius 2 is 1.50 bits per heavy atom. The molecule has 1 aromatic rings. The van der Waals surface area contributed by atoms with E-state index in [-0.39, 0.29) is 18.1 Å². The van der Waals surface area contributed by atoms with E-state index in [4.69, 9.17) is 5.14 Å². The van der Waals surface area contributed by atoms with Gasteiger partial charge < -0.3 is 0 Å². The quantitative estimate of drug-likeness (QED) is 0.586. The molecule has 9 heteroatoms. The van der Waals surface area contributed by atoms with Gasteiger partial charge in [-0.05, 0) is 44.0 Å². The third-order valence-electron chi connectivity index (χ3n) is 3.58. The SMILES string of the molecule is C=C[C@@H](CC(C)(C)S(N)=O)c1cc(C(F)(F)F)cc(C(F)(F)F)c1. The van der Waals surface area contributed by atoms with Crippen molar-refractivity contribution in [2.24, 2.45) is 5.14 Å². The zero-order chi connectivity index (χ0) is 18.9. The van der Waals surface area contributed by atoms with Gasteiger partial charge in [-0.2, -0.15) is 26.3 Å². The predicted octanol–water partition coefficient (Wildman–Crippen LogP) is 4.78. The van der Waals surface area contributed by atoms with Gasteiger partial charge in [0.2, 0.25) is 0 Å².